The molecule has 0 spiro atoms. The zero-order chi connectivity index (χ0) is 14.8. The highest BCUT2D eigenvalue weighted by Gasteiger charge is 2.23. The molecule has 2 nitrogen and oxygen atoms in total. The first-order valence-electron chi connectivity index (χ1n) is 7.67. The van der Waals surface area contributed by atoms with Crippen LogP contribution >= 0.6 is 0 Å². The second-order valence-electron chi connectivity index (χ2n) is 5.96. The first-order valence-corrected chi connectivity index (χ1v) is 7.67. The average Bonchev–Trinajstić information content (AvgIpc) is 2.89. The van der Waals surface area contributed by atoms with Gasteiger partial charge in [0.05, 0.1) is 7.11 Å². The van der Waals surface area contributed by atoms with Gasteiger partial charge in [0.2, 0.25) is 0 Å². The van der Waals surface area contributed by atoms with Gasteiger partial charge in [0, 0.05) is 12.1 Å². The Labute approximate surface area is 127 Å². The molecule has 1 aliphatic rings. The van der Waals surface area contributed by atoms with Crippen molar-refractivity contribution in [3.63, 3.8) is 0 Å². The minimum absolute atomic E-state index is 0.340. The standard InChI is InChI=1S/C19H23NO/c1-13-4-5-16-8-11-19(18(16)12-13)20-14(2)15-6-9-17(21-3)10-7-15/h4-7,9-10,12,14,19-20H,8,11H2,1-3H3/t14-,19?/m1/s1. The van der Waals surface area contributed by atoms with Crippen LogP contribution in [0.2, 0.25) is 0 Å². The lowest BCUT2D eigenvalue weighted by molar-refractivity contribution is 0.414. The van der Waals surface area contributed by atoms with Crippen LogP contribution in [0.3, 0.4) is 0 Å². The normalized spacial score (nSPS) is 18.3. The van der Waals surface area contributed by atoms with Crippen LogP contribution in [0, 0.1) is 6.92 Å². The summed E-state index contributed by atoms with van der Waals surface area (Å²) in [4.78, 5) is 0. The molecule has 0 radical (unpaired) electrons. The van der Waals surface area contributed by atoms with Crippen molar-refractivity contribution in [3.8, 4) is 5.75 Å². The summed E-state index contributed by atoms with van der Waals surface area (Å²) in [5.41, 5.74) is 5.63. The third-order valence-corrected chi connectivity index (χ3v) is 4.45. The van der Waals surface area contributed by atoms with Crippen LogP contribution in [-0.4, -0.2) is 7.11 Å². The van der Waals surface area contributed by atoms with Gasteiger partial charge in [-0.1, -0.05) is 35.9 Å². The molecule has 2 aromatic rings. The van der Waals surface area contributed by atoms with Crippen LogP contribution in [0.1, 0.15) is 47.7 Å². The Morgan fingerprint density at radius 3 is 2.62 bits per heavy atom. The van der Waals surface area contributed by atoms with E-state index in [1.807, 2.05) is 12.1 Å². The number of aryl methyl sites for hydroxylation is 2. The van der Waals surface area contributed by atoms with E-state index >= 15 is 0 Å². The van der Waals surface area contributed by atoms with Crippen molar-refractivity contribution >= 4 is 0 Å². The summed E-state index contributed by atoms with van der Waals surface area (Å²) in [5, 5.41) is 3.78. The fourth-order valence-electron chi connectivity index (χ4n) is 3.19. The molecule has 110 valence electrons. The number of ether oxygens (including phenoxy) is 1. The van der Waals surface area contributed by atoms with Gasteiger partial charge in [-0.05, 0) is 55.5 Å². The van der Waals surface area contributed by atoms with Crippen molar-refractivity contribution in [2.45, 2.75) is 38.8 Å². The fourth-order valence-corrected chi connectivity index (χ4v) is 3.19. The van der Waals surface area contributed by atoms with Crippen molar-refractivity contribution in [2.24, 2.45) is 0 Å². The summed E-state index contributed by atoms with van der Waals surface area (Å²) in [6, 6.07) is 16.0. The number of fused-ring (bicyclic) bond motifs is 1. The molecule has 1 N–H and O–H groups in total. The van der Waals surface area contributed by atoms with Gasteiger partial charge in [-0.15, -0.1) is 0 Å². The lowest BCUT2D eigenvalue weighted by Gasteiger charge is -2.21. The molecule has 0 aromatic heterocycles. The first-order chi connectivity index (χ1) is 10.2. The van der Waals surface area contributed by atoms with E-state index in [-0.39, 0.29) is 0 Å². The summed E-state index contributed by atoms with van der Waals surface area (Å²) in [5.74, 6) is 0.910. The summed E-state index contributed by atoms with van der Waals surface area (Å²) in [7, 11) is 1.70. The predicted molar refractivity (Wildman–Crippen MR) is 86.8 cm³/mol. The van der Waals surface area contributed by atoms with Crippen LogP contribution in [0.15, 0.2) is 42.5 Å². The van der Waals surface area contributed by atoms with Crippen LogP contribution in [0.4, 0.5) is 0 Å². The number of nitrogens with one attached hydrogen (secondary N) is 1. The van der Waals surface area contributed by atoms with Gasteiger partial charge in [0.15, 0.2) is 0 Å². The number of benzene rings is 2. The number of rotatable bonds is 4. The molecule has 0 aliphatic heterocycles. The molecule has 0 saturated carbocycles. The van der Waals surface area contributed by atoms with Crippen molar-refractivity contribution in [3.05, 3.63) is 64.7 Å². The topological polar surface area (TPSA) is 21.3 Å². The maximum absolute atomic E-state index is 5.22. The second-order valence-corrected chi connectivity index (χ2v) is 5.96. The molecule has 2 aromatic carbocycles. The molecule has 2 atom stereocenters. The predicted octanol–water partition coefficient (Wildman–Crippen LogP) is 4.34. The minimum atomic E-state index is 0.340. The van der Waals surface area contributed by atoms with E-state index in [0.29, 0.717) is 12.1 Å². The fraction of sp³-hybridized carbons (Fsp3) is 0.368. The van der Waals surface area contributed by atoms with Gasteiger partial charge >= 0.3 is 0 Å². The Hall–Kier alpha value is -1.80. The average molecular weight is 281 g/mol. The smallest absolute Gasteiger partial charge is 0.118 e. The molecular weight excluding hydrogens is 258 g/mol. The maximum atomic E-state index is 5.22. The zero-order valence-corrected chi connectivity index (χ0v) is 13.0. The molecule has 0 heterocycles. The van der Waals surface area contributed by atoms with E-state index in [2.05, 4.69) is 49.5 Å². The summed E-state index contributed by atoms with van der Waals surface area (Å²) in [6.45, 7) is 4.40. The molecule has 0 amide bonds. The minimum Gasteiger partial charge on any atom is -0.497 e. The van der Waals surface area contributed by atoms with Crippen molar-refractivity contribution in [1.82, 2.24) is 5.32 Å². The van der Waals surface area contributed by atoms with Gasteiger partial charge in [0.25, 0.3) is 0 Å². The molecule has 1 aliphatic carbocycles. The second kappa shape index (κ2) is 5.90. The molecular formula is C19H23NO. The zero-order valence-electron chi connectivity index (χ0n) is 13.0. The van der Waals surface area contributed by atoms with Crippen molar-refractivity contribution in [1.29, 1.82) is 0 Å². The Balaban J connectivity index is 1.74. The van der Waals surface area contributed by atoms with Crippen molar-refractivity contribution < 1.29 is 4.74 Å². The third-order valence-electron chi connectivity index (χ3n) is 4.45. The highest BCUT2D eigenvalue weighted by molar-refractivity contribution is 5.38. The van der Waals surface area contributed by atoms with E-state index in [0.717, 1.165) is 5.75 Å². The van der Waals surface area contributed by atoms with E-state index in [1.54, 1.807) is 7.11 Å². The van der Waals surface area contributed by atoms with Gasteiger partial charge in [-0.25, -0.2) is 0 Å². The molecule has 1 unspecified atom stereocenters. The number of hydrogen-bond acceptors (Lipinski definition) is 2. The monoisotopic (exact) mass is 281 g/mol. The lowest BCUT2D eigenvalue weighted by atomic mass is 10.0. The largest absolute Gasteiger partial charge is 0.497 e. The van der Waals surface area contributed by atoms with Crippen LogP contribution in [-0.2, 0) is 6.42 Å². The van der Waals surface area contributed by atoms with Crippen LogP contribution in [0.5, 0.6) is 5.75 Å². The highest BCUT2D eigenvalue weighted by Crippen LogP contribution is 2.33. The van der Waals surface area contributed by atoms with Gasteiger partial charge in [-0.2, -0.15) is 0 Å². The molecule has 0 saturated heterocycles. The lowest BCUT2D eigenvalue weighted by Crippen LogP contribution is -2.23. The Morgan fingerprint density at radius 1 is 1.14 bits per heavy atom. The van der Waals surface area contributed by atoms with E-state index in [1.165, 1.54) is 35.1 Å². The van der Waals surface area contributed by atoms with Gasteiger partial charge < -0.3 is 10.1 Å². The third kappa shape index (κ3) is 2.96. The van der Waals surface area contributed by atoms with E-state index < -0.39 is 0 Å². The molecule has 0 bridgehead atoms. The van der Waals surface area contributed by atoms with Gasteiger partial charge in [-0.3, -0.25) is 0 Å². The summed E-state index contributed by atoms with van der Waals surface area (Å²) in [6.07, 6.45) is 2.38. The van der Waals surface area contributed by atoms with Gasteiger partial charge in [0.1, 0.15) is 5.75 Å². The molecule has 3 rings (SSSR count). The Morgan fingerprint density at radius 2 is 1.90 bits per heavy atom. The highest BCUT2D eigenvalue weighted by atomic mass is 16.5. The first kappa shape index (κ1) is 14.2. The number of methoxy groups -OCH3 is 1. The van der Waals surface area contributed by atoms with Crippen LogP contribution in [0.25, 0.3) is 0 Å². The Bertz CT molecular complexity index is 618. The maximum Gasteiger partial charge on any atom is 0.118 e. The number of hydrogen-bond donors (Lipinski definition) is 1. The summed E-state index contributed by atoms with van der Waals surface area (Å²) < 4.78 is 5.22. The quantitative estimate of drug-likeness (QED) is 0.900. The summed E-state index contributed by atoms with van der Waals surface area (Å²) >= 11 is 0. The Kier molecular flexibility index (Phi) is 3.98. The van der Waals surface area contributed by atoms with E-state index in [4.69, 9.17) is 4.74 Å². The SMILES string of the molecule is COc1ccc([C@@H](C)NC2CCc3ccc(C)cc32)cc1. The molecule has 0 fully saturated rings. The molecule has 2 heteroatoms. The van der Waals surface area contributed by atoms with E-state index in [9.17, 15) is 0 Å². The van der Waals surface area contributed by atoms with Crippen molar-refractivity contribution in [2.75, 3.05) is 7.11 Å². The molecule has 21 heavy (non-hydrogen) atoms. The van der Waals surface area contributed by atoms with Crippen LogP contribution < -0.4 is 10.1 Å².